The fourth-order valence-electron chi connectivity index (χ4n) is 1.61. The summed E-state index contributed by atoms with van der Waals surface area (Å²) in [7, 11) is 1.90. The van der Waals surface area contributed by atoms with Crippen LogP contribution in [0.4, 0.5) is 15.8 Å². The number of nitrogen functional groups attached to an aromatic ring is 1. The van der Waals surface area contributed by atoms with Gasteiger partial charge in [-0.15, -0.1) is 0 Å². The number of nitro benzene ring substituents is 1. The third-order valence-corrected chi connectivity index (χ3v) is 3.19. The molecule has 1 amide bonds. The summed E-state index contributed by atoms with van der Waals surface area (Å²) < 4.78 is 13.3. The molecule has 1 rings (SSSR count). The maximum absolute atomic E-state index is 13.3. The Bertz CT molecular complexity index is 548. The van der Waals surface area contributed by atoms with E-state index in [9.17, 15) is 19.3 Å². The van der Waals surface area contributed by atoms with Crippen molar-refractivity contribution in [2.45, 2.75) is 19.9 Å². The Hall–Kier alpha value is -2.22. The Kier molecular flexibility index (Phi) is 5.60. The molecule has 7 nitrogen and oxygen atoms in total. The fraction of sp³-hybridized carbons (Fsp3) is 0.462. The third kappa shape index (κ3) is 4.38. The highest BCUT2D eigenvalue weighted by molar-refractivity contribution is 5.99. The lowest BCUT2D eigenvalue weighted by Crippen LogP contribution is -2.36. The van der Waals surface area contributed by atoms with Crippen molar-refractivity contribution in [3.63, 3.8) is 0 Å². The highest BCUT2D eigenvalue weighted by atomic mass is 19.1. The van der Waals surface area contributed by atoms with E-state index in [1.165, 1.54) is 0 Å². The van der Waals surface area contributed by atoms with Gasteiger partial charge in [-0.2, -0.15) is 0 Å². The predicted octanol–water partition coefficient (Wildman–Crippen LogP) is 1.39. The summed E-state index contributed by atoms with van der Waals surface area (Å²) >= 11 is 0. The number of amides is 1. The molecule has 116 valence electrons. The molecule has 8 heteroatoms. The van der Waals surface area contributed by atoms with Crippen LogP contribution in [0.15, 0.2) is 12.1 Å². The molecule has 0 bridgehead atoms. The molecule has 21 heavy (non-hydrogen) atoms. The van der Waals surface area contributed by atoms with Crippen LogP contribution in [0.3, 0.4) is 0 Å². The van der Waals surface area contributed by atoms with Crippen molar-refractivity contribution in [2.24, 2.45) is 0 Å². The van der Waals surface area contributed by atoms with E-state index in [2.05, 4.69) is 5.32 Å². The lowest BCUT2D eigenvalue weighted by Gasteiger charge is -2.20. The van der Waals surface area contributed by atoms with E-state index in [0.29, 0.717) is 25.2 Å². The number of rotatable bonds is 6. The second-order valence-electron chi connectivity index (χ2n) is 4.98. The Morgan fingerprint density at radius 2 is 2.14 bits per heavy atom. The second kappa shape index (κ2) is 6.98. The molecule has 1 aromatic carbocycles. The molecular formula is C13H19FN4O3. The van der Waals surface area contributed by atoms with Gasteiger partial charge in [0.25, 0.3) is 11.6 Å². The number of benzene rings is 1. The van der Waals surface area contributed by atoms with Crippen LogP contribution < -0.4 is 11.1 Å². The first-order valence-corrected chi connectivity index (χ1v) is 6.46. The Labute approximate surface area is 122 Å². The van der Waals surface area contributed by atoms with Gasteiger partial charge in [-0.05, 0) is 27.0 Å². The van der Waals surface area contributed by atoms with Crippen LogP contribution in [-0.2, 0) is 0 Å². The molecule has 0 aromatic heterocycles. The quantitative estimate of drug-likeness (QED) is 0.469. The highest BCUT2D eigenvalue weighted by Gasteiger charge is 2.22. The summed E-state index contributed by atoms with van der Waals surface area (Å²) in [6.45, 7) is 4.93. The van der Waals surface area contributed by atoms with Gasteiger partial charge in [0.2, 0.25) is 0 Å². The van der Waals surface area contributed by atoms with Crippen molar-refractivity contribution >= 4 is 17.3 Å². The number of hydrogen-bond donors (Lipinski definition) is 2. The van der Waals surface area contributed by atoms with Gasteiger partial charge in [-0.25, -0.2) is 4.39 Å². The van der Waals surface area contributed by atoms with Crippen molar-refractivity contribution in [2.75, 3.05) is 25.9 Å². The van der Waals surface area contributed by atoms with Crippen LogP contribution >= 0.6 is 0 Å². The van der Waals surface area contributed by atoms with Gasteiger partial charge in [-0.3, -0.25) is 14.9 Å². The minimum atomic E-state index is -0.919. The number of halogens is 1. The summed E-state index contributed by atoms with van der Waals surface area (Å²) in [6.07, 6.45) is 0. The Balaban J connectivity index is 2.83. The molecule has 0 atom stereocenters. The Morgan fingerprint density at radius 1 is 1.52 bits per heavy atom. The molecule has 0 saturated carbocycles. The van der Waals surface area contributed by atoms with E-state index in [0.717, 1.165) is 6.07 Å². The molecule has 0 fully saturated rings. The zero-order chi connectivity index (χ0) is 16.2. The fourth-order valence-corrected chi connectivity index (χ4v) is 1.61. The molecule has 1 aromatic rings. The van der Waals surface area contributed by atoms with Crippen LogP contribution in [-0.4, -0.2) is 41.9 Å². The number of nitrogens with zero attached hydrogens (tertiary/aromatic N) is 2. The monoisotopic (exact) mass is 298 g/mol. The van der Waals surface area contributed by atoms with E-state index < -0.39 is 22.3 Å². The van der Waals surface area contributed by atoms with E-state index in [-0.39, 0.29) is 11.3 Å². The molecular weight excluding hydrogens is 279 g/mol. The minimum Gasteiger partial charge on any atom is -0.396 e. The SMILES string of the molecule is CC(C)N(C)CCNC(=O)c1cc(N)c(F)cc1[N+](=O)[O-]. The van der Waals surface area contributed by atoms with Crippen LogP contribution in [0, 0.1) is 15.9 Å². The molecule has 3 N–H and O–H groups in total. The van der Waals surface area contributed by atoms with E-state index in [4.69, 9.17) is 5.73 Å². The summed E-state index contributed by atoms with van der Waals surface area (Å²) in [5.41, 5.74) is 4.21. The molecule has 0 aliphatic heterocycles. The van der Waals surface area contributed by atoms with Crippen LogP contribution in [0.25, 0.3) is 0 Å². The molecule has 0 heterocycles. The van der Waals surface area contributed by atoms with E-state index in [1.54, 1.807) is 0 Å². The summed E-state index contributed by atoms with van der Waals surface area (Å²) in [4.78, 5) is 24.0. The lowest BCUT2D eigenvalue weighted by molar-refractivity contribution is -0.385. The van der Waals surface area contributed by atoms with Crippen molar-refractivity contribution in [1.82, 2.24) is 10.2 Å². The van der Waals surface area contributed by atoms with Crippen molar-refractivity contribution < 1.29 is 14.1 Å². The molecule has 0 saturated heterocycles. The lowest BCUT2D eigenvalue weighted by atomic mass is 10.1. The van der Waals surface area contributed by atoms with Crippen LogP contribution in [0.1, 0.15) is 24.2 Å². The maximum Gasteiger partial charge on any atom is 0.285 e. The summed E-state index contributed by atoms with van der Waals surface area (Å²) in [5, 5.41) is 13.4. The second-order valence-corrected chi connectivity index (χ2v) is 4.98. The summed E-state index contributed by atoms with van der Waals surface area (Å²) in [5.74, 6) is -1.57. The van der Waals surface area contributed by atoms with Gasteiger partial charge in [0.1, 0.15) is 5.56 Å². The number of nitrogens with one attached hydrogen (secondary N) is 1. The van der Waals surface area contributed by atoms with E-state index in [1.807, 2.05) is 25.8 Å². The number of hydrogen-bond acceptors (Lipinski definition) is 5. The molecule has 0 aliphatic carbocycles. The standard InChI is InChI=1S/C13H19FN4O3/c1-8(2)17(3)5-4-16-13(19)9-6-11(15)10(14)7-12(9)18(20)21/h6-8H,4-5,15H2,1-3H3,(H,16,19). The number of anilines is 1. The van der Waals surface area contributed by atoms with Crippen molar-refractivity contribution in [3.8, 4) is 0 Å². The van der Waals surface area contributed by atoms with Gasteiger partial charge in [0, 0.05) is 19.1 Å². The predicted molar refractivity (Wildman–Crippen MR) is 77.6 cm³/mol. The van der Waals surface area contributed by atoms with Gasteiger partial charge < -0.3 is 16.0 Å². The van der Waals surface area contributed by atoms with Crippen LogP contribution in [0.5, 0.6) is 0 Å². The first-order chi connectivity index (χ1) is 9.73. The van der Waals surface area contributed by atoms with Crippen LogP contribution in [0.2, 0.25) is 0 Å². The normalized spacial score (nSPS) is 11.0. The molecule has 0 unspecified atom stereocenters. The molecule has 0 aliphatic rings. The van der Waals surface area contributed by atoms with Gasteiger partial charge >= 0.3 is 0 Å². The smallest absolute Gasteiger partial charge is 0.285 e. The third-order valence-electron chi connectivity index (χ3n) is 3.19. The first-order valence-electron chi connectivity index (χ1n) is 6.46. The summed E-state index contributed by atoms with van der Waals surface area (Å²) in [6, 6.07) is 1.96. The van der Waals surface area contributed by atoms with E-state index >= 15 is 0 Å². The molecule has 0 spiro atoms. The number of likely N-dealkylation sites (N-methyl/N-ethyl adjacent to an activating group) is 1. The van der Waals surface area contributed by atoms with Gasteiger partial charge in [0.05, 0.1) is 16.7 Å². The number of nitro groups is 1. The molecule has 0 radical (unpaired) electrons. The zero-order valence-corrected chi connectivity index (χ0v) is 12.2. The van der Waals surface area contributed by atoms with Gasteiger partial charge in [-0.1, -0.05) is 0 Å². The largest absolute Gasteiger partial charge is 0.396 e. The minimum absolute atomic E-state index is 0.244. The first kappa shape index (κ1) is 16.8. The topological polar surface area (TPSA) is 102 Å². The van der Waals surface area contributed by atoms with Crippen molar-refractivity contribution in [3.05, 3.63) is 33.6 Å². The highest BCUT2D eigenvalue weighted by Crippen LogP contribution is 2.24. The zero-order valence-electron chi connectivity index (χ0n) is 12.2. The number of carbonyl (C=O) groups is 1. The maximum atomic E-state index is 13.3. The van der Waals surface area contributed by atoms with Gasteiger partial charge in [0.15, 0.2) is 5.82 Å². The average molecular weight is 298 g/mol. The number of carbonyl (C=O) groups excluding carboxylic acids is 1. The van der Waals surface area contributed by atoms with Crippen molar-refractivity contribution in [1.29, 1.82) is 0 Å². The average Bonchev–Trinajstić information content (AvgIpc) is 2.40. The Morgan fingerprint density at radius 3 is 2.67 bits per heavy atom. The number of nitrogens with two attached hydrogens (primary N) is 1.